The molecule has 0 aromatic heterocycles. The van der Waals surface area contributed by atoms with E-state index in [0.29, 0.717) is 17.0 Å². The van der Waals surface area contributed by atoms with Gasteiger partial charge in [0.05, 0.1) is 4.90 Å². The average Bonchev–Trinajstić information content (AvgIpc) is 2.51. The van der Waals surface area contributed by atoms with Crippen LogP contribution in [-0.2, 0) is 14.8 Å². The van der Waals surface area contributed by atoms with Crippen molar-refractivity contribution in [2.24, 2.45) is 5.14 Å². The average molecular weight is 348 g/mol. The van der Waals surface area contributed by atoms with Gasteiger partial charge in [0.2, 0.25) is 10.0 Å². The molecule has 128 valence electrons. The number of anilines is 1. The summed E-state index contributed by atoms with van der Waals surface area (Å²) in [4.78, 5) is 12.3. The highest BCUT2D eigenvalue weighted by Gasteiger charge is 2.18. The van der Waals surface area contributed by atoms with Gasteiger partial charge < -0.3 is 10.1 Å². The van der Waals surface area contributed by atoms with Crippen LogP contribution in [0.25, 0.3) is 0 Å². The minimum absolute atomic E-state index is 0.0440. The summed E-state index contributed by atoms with van der Waals surface area (Å²) in [5, 5.41) is 7.87. The molecule has 1 unspecified atom stereocenters. The monoisotopic (exact) mass is 348 g/mol. The summed E-state index contributed by atoms with van der Waals surface area (Å²) in [7, 11) is -3.85. The van der Waals surface area contributed by atoms with Crippen LogP contribution in [0.4, 0.5) is 5.69 Å². The molecule has 7 heteroatoms. The molecule has 0 spiro atoms. The zero-order chi connectivity index (χ0) is 17.9. The number of carbonyl (C=O) groups excluding carboxylic acids is 1. The van der Waals surface area contributed by atoms with Gasteiger partial charge in [-0.25, -0.2) is 13.6 Å². The van der Waals surface area contributed by atoms with Crippen molar-refractivity contribution in [3.8, 4) is 5.75 Å². The first kappa shape index (κ1) is 18.0. The Bertz CT molecular complexity index is 848. The molecule has 0 bridgehead atoms. The Hall–Kier alpha value is -2.38. The van der Waals surface area contributed by atoms with Crippen LogP contribution in [-0.4, -0.2) is 20.4 Å². The molecule has 24 heavy (non-hydrogen) atoms. The molecule has 0 aliphatic rings. The summed E-state index contributed by atoms with van der Waals surface area (Å²) in [5.74, 6) is 0.194. The number of nitrogens with one attached hydrogen (secondary N) is 1. The lowest BCUT2D eigenvalue weighted by molar-refractivity contribution is -0.122. The van der Waals surface area contributed by atoms with Gasteiger partial charge >= 0.3 is 0 Å². The van der Waals surface area contributed by atoms with Crippen LogP contribution in [0.1, 0.15) is 18.1 Å². The van der Waals surface area contributed by atoms with Crippen LogP contribution in [0.5, 0.6) is 5.75 Å². The summed E-state index contributed by atoms with van der Waals surface area (Å²) in [6, 6.07) is 11.8. The number of rotatable bonds is 5. The van der Waals surface area contributed by atoms with Crippen molar-refractivity contribution >= 4 is 21.6 Å². The van der Waals surface area contributed by atoms with Crippen LogP contribution in [0.3, 0.4) is 0 Å². The molecular weight excluding hydrogens is 328 g/mol. The quantitative estimate of drug-likeness (QED) is 0.866. The Morgan fingerprint density at radius 2 is 1.79 bits per heavy atom. The normalized spacial score (nSPS) is 12.5. The van der Waals surface area contributed by atoms with E-state index in [2.05, 4.69) is 5.32 Å². The van der Waals surface area contributed by atoms with E-state index >= 15 is 0 Å². The number of primary sulfonamides is 1. The number of para-hydroxylation sites is 1. The van der Waals surface area contributed by atoms with Crippen molar-refractivity contribution in [1.29, 1.82) is 0 Å². The molecule has 0 fully saturated rings. The van der Waals surface area contributed by atoms with E-state index in [4.69, 9.17) is 9.88 Å². The SMILES string of the molecule is Cc1cc(S(N)(=O)=O)cc(NC(=O)C(C)Oc2ccccc2)c1C. The molecule has 2 rings (SSSR count). The number of aryl methyl sites for hydroxylation is 1. The number of benzene rings is 2. The summed E-state index contributed by atoms with van der Waals surface area (Å²) in [6.07, 6.45) is -0.745. The third-order valence-corrected chi connectivity index (χ3v) is 4.55. The first-order valence-electron chi connectivity index (χ1n) is 7.35. The van der Waals surface area contributed by atoms with Crippen LogP contribution >= 0.6 is 0 Å². The summed E-state index contributed by atoms with van der Waals surface area (Å²) < 4.78 is 28.7. The molecule has 0 saturated carbocycles. The van der Waals surface area contributed by atoms with Gasteiger partial charge in [-0.1, -0.05) is 18.2 Å². The second-order valence-corrected chi connectivity index (χ2v) is 7.08. The van der Waals surface area contributed by atoms with Crippen molar-refractivity contribution in [3.63, 3.8) is 0 Å². The molecule has 0 saturated heterocycles. The van der Waals surface area contributed by atoms with Gasteiger partial charge in [0.25, 0.3) is 5.91 Å². The number of sulfonamides is 1. The summed E-state index contributed by atoms with van der Waals surface area (Å²) in [5.41, 5.74) is 1.88. The Balaban J connectivity index is 2.21. The topological polar surface area (TPSA) is 98.5 Å². The standard InChI is InChI=1S/C17H20N2O4S/c1-11-9-15(24(18,21)22)10-16(12(11)2)19-17(20)13(3)23-14-7-5-4-6-8-14/h4-10,13H,1-3H3,(H,19,20)(H2,18,21,22). The zero-order valence-corrected chi connectivity index (χ0v) is 14.6. The second kappa shape index (κ2) is 7.02. The van der Waals surface area contributed by atoms with Crippen molar-refractivity contribution in [2.75, 3.05) is 5.32 Å². The molecule has 0 radical (unpaired) electrons. The van der Waals surface area contributed by atoms with E-state index in [1.54, 1.807) is 32.9 Å². The minimum atomic E-state index is -3.85. The number of amides is 1. The Morgan fingerprint density at radius 1 is 1.17 bits per heavy atom. The smallest absolute Gasteiger partial charge is 0.265 e. The first-order valence-corrected chi connectivity index (χ1v) is 8.89. The fourth-order valence-electron chi connectivity index (χ4n) is 2.11. The number of ether oxygens (including phenoxy) is 1. The Kier molecular flexibility index (Phi) is 5.26. The molecule has 2 aromatic carbocycles. The van der Waals surface area contributed by atoms with Crippen molar-refractivity contribution in [1.82, 2.24) is 0 Å². The fourth-order valence-corrected chi connectivity index (χ4v) is 2.73. The highest BCUT2D eigenvalue weighted by molar-refractivity contribution is 7.89. The largest absolute Gasteiger partial charge is 0.481 e. The van der Waals surface area contributed by atoms with E-state index in [1.807, 2.05) is 18.2 Å². The predicted molar refractivity (Wildman–Crippen MR) is 92.5 cm³/mol. The lowest BCUT2D eigenvalue weighted by Crippen LogP contribution is -2.30. The van der Waals surface area contributed by atoms with Gasteiger partial charge in [0, 0.05) is 5.69 Å². The first-order chi connectivity index (χ1) is 11.2. The van der Waals surface area contributed by atoms with E-state index in [-0.39, 0.29) is 10.8 Å². The predicted octanol–water partition coefficient (Wildman–Crippen LogP) is 2.36. The molecule has 3 N–H and O–H groups in total. The van der Waals surface area contributed by atoms with E-state index in [9.17, 15) is 13.2 Å². The van der Waals surface area contributed by atoms with E-state index < -0.39 is 16.1 Å². The molecule has 1 atom stereocenters. The number of hydrogen-bond donors (Lipinski definition) is 2. The van der Waals surface area contributed by atoms with Crippen LogP contribution in [0, 0.1) is 13.8 Å². The molecular formula is C17H20N2O4S. The van der Waals surface area contributed by atoms with Crippen LogP contribution in [0.2, 0.25) is 0 Å². The lowest BCUT2D eigenvalue weighted by Gasteiger charge is -2.17. The van der Waals surface area contributed by atoms with Gasteiger partial charge in [0.15, 0.2) is 6.10 Å². The Morgan fingerprint density at radius 3 is 2.38 bits per heavy atom. The van der Waals surface area contributed by atoms with Crippen LogP contribution < -0.4 is 15.2 Å². The van der Waals surface area contributed by atoms with E-state index in [1.165, 1.54) is 12.1 Å². The third kappa shape index (κ3) is 4.33. The molecule has 0 aliphatic carbocycles. The summed E-state index contributed by atoms with van der Waals surface area (Å²) in [6.45, 7) is 5.16. The second-order valence-electron chi connectivity index (χ2n) is 5.52. The zero-order valence-electron chi connectivity index (χ0n) is 13.7. The number of hydrogen-bond acceptors (Lipinski definition) is 4. The van der Waals surface area contributed by atoms with Gasteiger partial charge in [-0.05, 0) is 56.2 Å². The van der Waals surface area contributed by atoms with Gasteiger partial charge in [0.1, 0.15) is 5.75 Å². The molecule has 1 amide bonds. The maximum Gasteiger partial charge on any atom is 0.265 e. The van der Waals surface area contributed by atoms with Crippen LogP contribution in [0.15, 0.2) is 47.4 Å². The lowest BCUT2D eigenvalue weighted by atomic mass is 10.1. The molecule has 2 aromatic rings. The Labute approximate surface area is 141 Å². The van der Waals surface area contributed by atoms with Crippen molar-refractivity contribution in [2.45, 2.75) is 31.8 Å². The van der Waals surface area contributed by atoms with Gasteiger partial charge in [-0.2, -0.15) is 0 Å². The van der Waals surface area contributed by atoms with Crippen molar-refractivity contribution < 1.29 is 17.9 Å². The summed E-state index contributed by atoms with van der Waals surface area (Å²) >= 11 is 0. The third-order valence-electron chi connectivity index (χ3n) is 3.65. The maximum atomic E-state index is 12.3. The fraction of sp³-hybridized carbons (Fsp3) is 0.235. The highest BCUT2D eigenvalue weighted by atomic mass is 32.2. The molecule has 0 heterocycles. The molecule has 0 aliphatic heterocycles. The van der Waals surface area contributed by atoms with Gasteiger partial charge in [-0.3, -0.25) is 4.79 Å². The molecule has 6 nitrogen and oxygen atoms in total. The van der Waals surface area contributed by atoms with Crippen molar-refractivity contribution in [3.05, 3.63) is 53.6 Å². The highest BCUT2D eigenvalue weighted by Crippen LogP contribution is 2.24. The maximum absolute atomic E-state index is 12.3. The van der Waals surface area contributed by atoms with Gasteiger partial charge in [-0.15, -0.1) is 0 Å². The van der Waals surface area contributed by atoms with E-state index in [0.717, 1.165) is 5.56 Å². The minimum Gasteiger partial charge on any atom is -0.481 e. The number of carbonyl (C=O) groups is 1. The number of nitrogens with two attached hydrogens (primary N) is 1.